The van der Waals surface area contributed by atoms with E-state index in [-0.39, 0.29) is 16.7 Å². The molecule has 3 aromatic heterocycles. The lowest BCUT2D eigenvalue weighted by atomic mass is 10.1. The van der Waals surface area contributed by atoms with Gasteiger partial charge in [0, 0.05) is 36.6 Å². The Morgan fingerprint density at radius 3 is 2.62 bits per heavy atom. The van der Waals surface area contributed by atoms with E-state index in [1.165, 1.54) is 11.8 Å². The summed E-state index contributed by atoms with van der Waals surface area (Å²) in [6.45, 7) is 5.59. The molecule has 1 unspecified atom stereocenters. The zero-order valence-electron chi connectivity index (χ0n) is 18.4. The van der Waals surface area contributed by atoms with Gasteiger partial charge in [-0.25, -0.2) is 4.98 Å². The molecule has 32 heavy (non-hydrogen) atoms. The lowest BCUT2D eigenvalue weighted by Gasteiger charge is -2.12. The summed E-state index contributed by atoms with van der Waals surface area (Å²) >= 11 is 1.32. The highest BCUT2D eigenvalue weighted by Crippen LogP contribution is 2.23. The molecule has 1 aromatic carbocycles. The standard InChI is InChI=1S/C23H24N6O2S/c1-14-10-11-19-24-15(2)18(22(31)29(19)13-14)12-20-26-27-23(28(20)4)32-16(3)21(30)25-17-8-6-5-7-9-17/h5-11,13,16H,12H2,1-4H3,(H,25,30). The number of aromatic nitrogens is 5. The van der Waals surface area contributed by atoms with Crippen LogP contribution in [0.25, 0.3) is 5.65 Å². The summed E-state index contributed by atoms with van der Waals surface area (Å²) in [5.74, 6) is 0.520. The van der Waals surface area contributed by atoms with E-state index < -0.39 is 0 Å². The smallest absolute Gasteiger partial charge is 0.261 e. The van der Waals surface area contributed by atoms with Crippen LogP contribution in [0.4, 0.5) is 5.69 Å². The van der Waals surface area contributed by atoms with Crippen molar-refractivity contribution in [2.45, 2.75) is 37.6 Å². The van der Waals surface area contributed by atoms with E-state index in [0.717, 1.165) is 11.3 Å². The van der Waals surface area contributed by atoms with Gasteiger partial charge in [-0.05, 0) is 44.5 Å². The number of anilines is 1. The van der Waals surface area contributed by atoms with Crippen molar-refractivity contribution < 1.29 is 4.79 Å². The first kappa shape index (κ1) is 21.8. The third kappa shape index (κ3) is 4.43. The minimum Gasteiger partial charge on any atom is -0.325 e. The average Bonchev–Trinajstić information content (AvgIpc) is 3.11. The van der Waals surface area contributed by atoms with E-state index in [9.17, 15) is 9.59 Å². The highest BCUT2D eigenvalue weighted by atomic mass is 32.2. The number of carbonyl (C=O) groups is 1. The van der Waals surface area contributed by atoms with Gasteiger partial charge < -0.3 is 9.88 Å². The van der Waals surface area contributed by atoms with Crippen molar-refractivity contribution in [2.24, 2.45) is 7.05 Å². The van der Waals surface area contributed by atoms with Gasteiger partial charge in [0.1, 0.15) is 11.5 Å². The van der Waals surface area contributed by atoms with Gasteiger partial charge in [-0.15, -0.1) is 10.2 Å². The number of hydrogen-bond donors (Lipinski definition) is 1. The van der Waals surface area contributed by atoms with Crippen molar-refractivity contribution in [1.82, 2.24) is 24.1 Å². The van der Waals surface area contributed by atoms with E-state index in [2.05, 4.69) is 20.5 Å². The molecule has 0 saturated carbocycles. The molecule has 0 fully saturated rings. The van der Waals surface area contributed by atoms with Crippen molar-refractivity contribution in [3.05, 3.63) is 81.7 Å². The van der Waals surface area contributed by atoms with Crippen LogP contribution in [0.1, 0.15) is 29.6 Å². The minimum atomic E-state index is -0.372. The number of para-hydroxylation sites is 1. The van der Waals surface area contributed by atoms with Crippen molar-refractivity contribution in [1.29, 1.82) is 0 Å². The van der Waals surface area contributed by atoms with Crippen LogP contribution in [-0.2, 0) is 18.3 Å². The summed E-state index contributed by atoms with van der Waals surface area (Å²) in [5.41, 5.74) is 3.50. The first-order valence-corrected chi connectivity index (χ1v) is 11.1. The van der Waals surface area contributed by atoms with E-state index in [0.29, 0.717) is 34.3 Å². The molecule has 3 heterocycles. The highest BCUT2D eigenvalue weighted by molar-refractivity contribution is 8.00. The number of fused-ring (bicyclic) bond motifs is 1. The molecule has 0 aliphatic rings. The second-order valence-electron chi connectivity index (χ2n) is 7.67. The third-order valence-electron chi connectivity index (χ3n) is 5.22. The van der Waals surface area contributed by atoms with Gasteiger partial charge in [0.2, 0.25) is 5.91 Å². The number of nitrogens with zero attached hydrogens (tertiary/aromatic N) is 5. The number of hydrogen-bond acceptors (Lipinski definition) is 6. The van der Waals surface area contributed by atoms with E-state index in [4.69, 9.17) is 0 Å². The van der Waals surface area contributed by atoms with Crippen molar-refractivity contribution in [3.63, 3.8) is 0 Å². The summed E-state index contributed by atoms with van der Waals surface area (Å²) in [7, 11) is 1.84. The monoisotopic (exact) mass is 448 g/mol. The molecular formula is C23H24N6O2S. The fraction of sp³-hybridized carbons (Fsp3) is 0.261. The molecule has 0 aliphatic carbocycles. The van der Waals surface area contributed by atoms with Crippen LogP contribution in [0.15, 0.2) is 58.6 Å². The predicted octanol–water partition coefficient (Wildman–Crippen LogP) is 3.15. The van der Waals surface area contributed by atoms with E-state index >= 15 is 0 Å². The first-order valence-electron chi connectivity index (χ1n) is 10.2. The van der Waals surface area contributed by atoms with E-state index in [1.54, 1.807) is 10.6 Å². The zero-order chi connectivity index (χ0) is 22.8. The molecule has 0 spiro atoms. The number of aryl methyl sites for hydroxylation is 2. The molecule has 4 rings (SSSR count). The summed E-state index contributed by atoms with van der Waals surface area (Å²) in [6.07, 6.45) is 2.10. The third-order valence-corrected chi connectivity index (χ3v) is 6.36. The Labute approximate surface area is 189 Å². The van der Waals surface area contributed by atoms with Crippen molar-refractivity contribution >= 4 is 29.0 Å². The van der Waals surface area contributed by atoms with Crippen LogP contribution in [-0.4, -0.2) is 35.3 Å². The van der Waals surface area contributed by atoms with Gasteiger partial charge in [0.05, 0.1) is 5.25 Å². The Kier molecular flexibility index (Phi) is 6.09. The van der Waals surface area contributed by atoms with Gasteiger partial charge in [-0.3, -0.25) is 14.0 Å². The molecule has 1 atom stereocenters. The van der Waals surface area contributed by atoms with Crippen molar-refractivity contribution in [2.75, 3.05) is 5.32 Å². The number of pyridine rings is 1. The summed E-state index contributed by atoms with van der Waals surface area (Å²) < 4.78 is 3.39. The quantitative estimate of drug-likeness (QED) is 0.456. The number of nitrogens with one attached hydrogen (secondary N) is 1. The van der Waals surface area contributed by atoms with Crippen LogP contribution < -0.4 is 10.9 Å². The Bertz CT molecular complexity index is 1350. The molecular weight excluding hydrogens is 424 g/mol. The molecule has 9 heteroatoms. The number of benzene rings is 1. The molecule has 0 aliphatic heterocycles. The molecule has 4 aromatic rings. The van der Waals surface area contributed by atoms with Gasteiger partial charge in [-0.2, -0.15) is 0 Å². The predicted molar refractivity (Wildman–Crippen MR) is 125 cm³/mol. The fourth-order valence-corrected chi connectivity index (χ4v) is 4.17. The largest absolute Gasteiger partial charge is 0.325 e. The topological polar surface area (TPSA) is 94.2 Å². The van der Waals surface area contributed by atoms with Crippen LogP contribution in [0.3, 0.4) is 0 Å². The Morgan fingerprint density at radius 1 is 1.12 bits per heavy atom. The molecule has 0 bridgehead atoms. The maximum atomic E-state index is 13.1. The first-order chi connectivity index (χ1) is 15.3. The average molecular weight is 449 g/mol. The van der Waals surface area contributed by atoms with Gasteiger partial charge in [-0.1, -0.05) is 36.0 Å². The zero-order valence-corrected chi connectivity index (χ0v) is 19.2. The van der Waals surface area contributed by atoms with Gasteiger partial charge in [0.25, 0.3) is 5.56 Å². The SMILES string of the molecule is Cc1ccc2nc(C)c(Cc3nnc(SC(C)C(=O)Nc4ccccc4)n3C)c(=O)n2c1. The number of thioether (sulfide) groups is 1. The van der Waals surface area contributed by atoms with Crippen LogP contribution in [0.2, 0.25) is 0 Å². The minimum absolute atomic E-state index is 0.107. The Hall–Kier alpha value is -3.46. The number of carbonyl (C=O) groups excluding carboxylic acids is 1. The maximum Gasteiger partial charge on any atom is 0.261 e. The number of amides is 1. The molecule has 0 radical (unpaired) electrons. The maximum absolute atomic E-state index is 13.1. The Balaban J connectivity index is 1.53. The summed E-state index contributed by atoms with van der Waals surface area (Å²) in [5, 5.41) is 11.6. The van der Waals surface area contributed by atoms with Gasteiger partial charge in [0.15, 0.2) is 5.16 Å². The normalized spacial score (nSPS) is 12.1. The lowest BCUT2D eigenvalue weighted by Crippen LogP contribution is -2.23. The van der Waals surface area contributed by atoms with Crippen LogP contribution in [0, 0.1) is 13.8 Å². The van der Waals surface area contributed by atoms with E-state index in [1.807, 2.05) is 74.9 Å². The molecule has 1 N–H and O–H groups in total. The fourth-order valence-electron chi connectivity index (χ4n) is 3.33. The van der Waals surface area contributed by atoms with Crippen LogP contribution in [0.5, 0.6) is 0 Å². The Morgan fingerprint density at radius 2 is 1.88 bits per heavy atom. The summed E-state index contributed by atoms with van der Waals surface area (Å²) in [4.78, 5) is 30.2. The van der Waals surface area contributed by atoms with Crippen LogP contribution >= 0.6 is 11.8 Å². The van der Waals surface area contributed by atoms with Crippen molar-refractivity contribution in [3.8, 4) is 0 Å². The molecule has 164 valence electrons. The van der Waals surface area contributed by atoms with Gasteiger partial charge >= 0.3 is 0 Å². The molecule has 1 amide bonds. The highest BCUT2D eigenvalue weighted by Gasteiger charge is 2.20. The molecule has 0 saturated heterocycles. The lowest BCUT2D eigenvalue weighted by molar-refractivity contribution is -0.115. The number of rotatable bonds is 6. The second-order valence-corrected chi connectivity index (χ2v) is 8.97. The molecule has 8 nitrogen and oxygen atoms in total. The second kappa shape index (κ2) is 8.96. The summed E-state index contributed by atoms with van der Waals surface area (Å²) in [6, 6.07) is 13.1.